The molecule has 6 heteroatoms. The van der Waals surface area contributed by atoms with E-state index in [0.717, 1.165) is 12.0 Å². The molecule has 5 nitrogen and oxygen atoms in total. The van der Waals surface area contributed by atoms with E-state index in [4.69, 9.17) is 10.00 Å². The maximum Gasteiger partial charge on any atom is 0.234 e. The van der Waals surface area contributed by atoms with E-state index in [9.17, 15) is 4.79 Å². The van der Waals surface area contributed by atoms with Crippen LogP contribution in [0.5, 0.6) is 0 Å². The van der Waals surface area contributed by atoms with Crippen LogP contribution in [0.2, 0.25) is 0 Å². The molecule has 0 spiro atoms. The van der Waals surface area contributed by atoms with Gasteiger partial charge in [-0.3, -0.25) is 9.69 Å². The van der Waals surface area contributed by atoms with Gasteiger partial charge in [-0.2, -0.15) is 5.26 Å². The highest BCUT2D eigenvalue weighted by atomic mass is 32.1. The molecule has 1 heterocycles. The van der Waals surface area contributed by atoms with Gasteiger partial charge >= 0.3 is 0 Å². The summed E-state index contributed by atoms with van der Waals surface area (Å²) in [5.74, 6) is 0.00111. The number of hydrogen-bond donors (Lipinski definition) is 1. The summed E-state index contributed by atoms with van der Waals surface area (Å²) in [5, 5.41) is 11.9. The van der Waals surface area contributed by atoms with Crippen molar-refractivity contribution in [2.24, 2.45) is 0 Å². The fourth-order valence-corrected chi connectivity index (χ4v) is 3.43. The van der Waals surface area contributed by atoms with Gasteiger partial charge in [-0.05, 0) is 36.2 Å². The molecule has 2 aromatic rings. The van der Waals surface area contributed by atoms with Crippen LogP contribution in [0.4, 0.5) is 0 Å². The molecule has 0 radical (unpaired) electrons. The lowest BCUT2D eigenvalue weighted by molar-refractivity contribution is -0.122. The van der Waals surface area contributed by atoms with Crippen molar-refractivity contribution in [2.45, 2.75) is 26.4 Å². The van der Waals surface area contributed by atoms with Gasteiger partial charge in [0.1, 0.15) is 0 Å². The van der Waals surface area contributed by atoms with Crippen LogP contribution in [0, 0.1) is 11.3 Å². The molecule has 2 rings (SSSR count). The number of carbonyl (C=O) groups excluding carboxylic acids is 1. The summed E-state index contributed by atoms with van der Waals surface area (Å²) < 4.78 is 5.16. The molecule has 0 saturated heterocycles. The normalized spacial score (nSPS) is 10.7. The number of aryl methyl sites for hydroxylation is 1. The number of nitrogens with one attached hydrogen (secondary N) is 1. The van der Waals surface area contributed by atoms with E-state index < -0.39 is 0 Å². The molecule has 0 aliphatic carbocycles. The Morgan fingerprint density at radius 2 is 1.96 bits per heavy atom. The molecule has 1 N–H and O–H groups in total. The van der Waals surface area contributed by atoms with Gasteiger partial charge in [0.2, 0.25) is 5.91 Å². The standard InChI is InChI=1S/C20H25N3O2S/c1-3-18-8-9-19(26-18)13-22-20(24)15-23(10-11-25-2)14-17-6-4-16(12-21)5-7-17/h4-9H,3,10-11,13-15H2,1-2H3,(H,22,24). The number of nitrogens with zero attached hydrogens (tertiary/aromatic N) is 2. The Morgan fingerprint density at radius 3 is 2.58 bits per heavy atom. The first-order valence-corrected chi connectivity index (χ1v) is 9.51. The van der Waals surface area contributed by atoms with Gasteiger partial charge in [0.05, 0.1) is 31.3 Å². The largest absolute Gasteiger partial charge is 0.383 e. The van der Waals surface area contributed by atoms with Crippen LogP contribution >= 0.6 is 11.3 Å². The zero-order chi connectivity index (χ0) is 18.8. The number of amides is 1. The highest BCUT2D eigenvalue weighted by Gasteiger charge is 2.12. The second kappa shape index (κ2) is 10.7. The predicted octanol–water partition coefficient (Wildman–Crippen LogP) is 2.95. The maximum absolute atomic E-state index is 12.3. The van der Waals surface area contributed by atoms with Crippen molar-refractivity contribution in [3.63, 3.8) is 0 Å². The number of carbonyl (C=O) groups is 1. The van der Waals surface area contributed by atoms with E-state index in [2.05, 4.69) is 30.4 Å². The van der Waals surface area contributed by atoms with Gasteiger partial charge in [0.25, 0.3) is 0 Å². The third-order valence-electron chi connectivity index (χ3n) is 3.99. The Morgan fingerprint density at radius 1 is 1.23 bits per heavy atom. The third-order valence-corrected chi connectivity index (χ3v) is 5.22. The summed E-state index contributed by atoms with van der Waals surface area (Å²) in [5.41, 5.74) is 1.70. The summed E-state index contributed by atoms with van der Waals surface area (Å²) >= 11 is 1.74. The first-order chi connectivity index (χ1) is 12.6. The second-order valence-corrected chi connectivity index (χ2v) is 7.26. The monoisotopic (exact) mass is 371 g/mol. The van der Waals surface area contributed by atoms with Gasteiger partial charge in [0, 0.05) is 30.0 Å². The molecule has 0 saturated carbocycles. The van der Waals surface area contributed by atoms with E-state index in [0.29, 0.717) is 38.3 Å². The lowest BCUT2D eigenvalue weighted by Gasteiger charge is -2.21. The fraction of sp³-hybridized carbons (Fsp3) is 0.400. The zero-order valence-electron chi connectivity index (χ0n) is 15.3. The average Bonchev–Trinajstić information content (AvgIpc) is 3.13. The number of benzene rings is 1. The average molecular weight is 372 g/mol. The number of methoxy groups -OCH3 is 1. The molecule has 138 valence electrons. The molecule has 0 aliphatic heterocycles. The van der Waals surface area contributed by atoms with E-state index >= 15 is 0 Å². The molecule has 1 aromatic carbocycles. The number of hydrogen-bond acceptors (Lipinski definition) is 5. The van der Waals surface area contributed by atoms with Crippen LogP contribution in [0.3, 0.4) is 0 Å². The van der Waals surface area contributed by atoms with Crippen molar-refractivity contribution in [3.05, 3.63) is 57.3 Å². The number of ether oxygens (including phenoxy) is 1. The Hall–Kier alpha value is -2.20. The third kappa shape index (κ3) is 6.60. The van der Waals surface area contributed by atoms with E-state index in [1.54, 1.807) is 30.6 Å². The van der Waals surface area contributed by atoms with Gasteiger partial charge in [-0.15, -0.1) is 11.3 Å². The van der Waals surface area contributed by atoms with Crippen molar-refractivity contribution >= 4 is 17.2 Å². The molecule has 26 heavy (non-hydrogen) atoms. The van der Waals surface area contributed by atoms with Crippen LogP contribution < -0.4 is 5.32 Å². The molecular weight excluding hydrogens is 346 g/mol. The van der Waals surface area contributed by atoms with Gasteiger partial charge in [-0.1, -0.05) is 19.1 Å². The van der Waals surface area contributed by atoms with Crippen molar-refractivity contribution < 1.29 is 9.53 Å². The number of rotatable bonds is 10. The topological polar surface area (TPSA) is 65.4 Å². The molecular formula is C20H25N3O2S. The lowest BCUT2D eigenvalue weighted by Crippen LogP contribution is -2.38. The van der Waals surface area contributed by atoms with Gasteiger partial charge in [-0.25, -0.2) is 0 Å². The Labute approximate surface area is 159 Å². The molecule has 1 amide bonds. The first kappa shape index (κ1) is 20.1. The number of thiophene rings is 1. The maximum atomic E-state index is 12.3. The Balaban J connectivity index is 1.88. The van der Waals surface area contributed by atoms with Crippen LogP contribution in [0.25, 0.3) is 0 Å². The molecule has 0 aliphatic rings. The molecule has 1 aromatic heterocycles. The van der Waals surface area contributed by atoms with E-state index in [1.807, 2.05) is 17.0 Å². The summed E-state index contributed by atoms with van der Waals surface area (Å²) in [7, 11) is 1.65. The van der Waals surface area contributed by atoms with Gasteiger partial charge in [0.15, 0.2) is 0 Å². The second-order valence-electron chi connectivity index (χ2n) is 6.01. The van der Waals surface area contributed by atoms with Crippen LogP contribution in [0.1, 0.15) is 27.8 Å². The summed E-state index contributed by atoms with van der Waals surface area (Å²) in [6.45, 7) is 4.89. The predicted molar refractivity (Wildman–Crippen MR) is 104 cm³/mol. The lowest BCUT2D eigenvalue weighted by atomic mass is 10.1. The van der Waals surface area contributed by atoms with E-state index in [1.165, 1.54) is 9.75 Å². The van der Waals surface area contributed by atoms with E-state index in [-0.39, 0.29) is 5.91 Å². The fourth-order valence-electron chi connectivity index (χ4n) is 2.53. The van der Waals surface area contributed by atoms with Crippen LogP contribution in [-0.4, -0.2) is 37.6 Å². The van der Waals surface area contributed by atoms with Crippen LogP contribution in [0.15, 0.2) is 36.4 Å². The molecule has 0 fully saturated rings. The minimum atomic E-state index is 0.00111. The zero-order valence-corrected chi connectivity index (χ0v) is 16.1. The first-order valence-electron chi connectivity index (χ1n) is 8.69. The highest BCUT2D eigenvalue weighted by Crippen LogP contribution is 2.16. The minimum absolute atomic E-state index is 0.00111. The quantitative estimate of drug-likeness (QED) is 0.697. The van der Waals surface area contributed by atoms with Crippen molar-refractivity contribution in [1.82, 2.24) is 10.2 Å². The van der Waals surface area contributed by atoms with Gasteiger partial charge < -0.3 is 10.1 Å². The Kier molecular flexibility index (Phi) is 8.29. The van der Waals surface area contributed by atoms with Crippen molar-refractivity contribution in [3.8, 4) is 6.07 Å². The summed E-state index contributed by atoms with van der Waals surface area (Å²) in [4.78, 5) is 16.9. The Bertz CT molecular complexity index is 734. The highest BCUT2D eigenvalue weighted by molar-refractivity contribution is 7.11. The number of nitriles is 1. The smallest absolute Gasteiger partial charge is 0.234 e. The van der Waals surface area contributed by atoms with Crippen LogP contribution in [-0.2, 0) is 29.0 Å². The molecule has 0 atom stereocenters. The minimum Gasteiger partial charge on any atom is -0.383 e. The summed E-state index contributed by atoms with van der Waals surface area (Å²) in [6, 6.07) is 13.7. The summed E-state index contributed by atoms with van der Waals surface area (Å²) in [6.07, 6.45) is 1.02. The van der Waals surface area contributed by atoms with Crippen molar-refractivity contribution in [1.29, 1.82) is 5.26 Å². The molecule has 0 unspecified atom stereocenters. The SMILES string of the molecule is CCc1ccc(CNC(=O)CN(CCOC)Cc2ccc(C#N)cc2)s1. The molecule has 0 bridgehead atoms. The van der Waals surface area contributed by atoms with Crippen molar-refractivity contribution in [2.75, 3.05) is 26.8 Å².